The van der Waals surface area contributed by atoms with Crippen LogP contribution in [0, 0.1) is 10.1 Å². The molecular weight excluding hydrogens is 510 g/mol. The summed E-state index contributed by atoms with van der Waals surface area (Å²) in [6.07, 6.45) is -1.92. The number of oxime groups is 1. The van der Waals surface area contributed by atoms with Crippen LogP contribution in [-0.4, -0.2) is 22.7 Å². The molecule has 1 unspecified atom stereocenters. The average Bonchev–Trinajstić information content (AvgIpc) is 3.26. The summed E-state index contributed by atoms with van der Waals surface area (Å²) in [5, 5.41) is 17.5. The lowest BCUT2D eigenvalue weighted by molar-refractivity contribution is -0.428. The Morgan fingerprint density at radius 3 is 2.54 bits per heavy atom. The Balaban J connectivity index is 1.61. The van der Waals surface area contributed by atoms with Crippen LogP contribution in [-0.2, 0) is 15.2 Å². The van der Waals surface area contributed by atoms with Gasteiger partial charge in [0.15, 0.2) is 0 Å². The van der Waals surface area contributed by atoms with Crippen molar-refractivity contribution in [2.45, 2.75) is 31.0 Å². The number of carbonyl (C=O) groups excluding carboxylic acids is 1. The Labute approximate surface area is 207 Å². The van der Waals surface area contributed by atoms with Crippen molar-refractivity contribution in [2.24, 2.45) is 5.16 Å². The molecule has 7 nitrogen and oxygen atoms in total. The van der Waals surface area contributed by atoms with Gasteiger partial charge in [0.05, 0.1) is 10.6 Å². The highest BCUT2D eigenvalue weighted by atomic mass is 35.5. The molecule has 182 valence electrons. The van der Waals surface area contributed by atoms with Crippen molar-refractivity contribution < 1.29 is 27.7 Å². The van der Waals surface area contributed by atoms with Crippen molar-refractivity contribution in [3.8, 4) is 0 Å². The minimum Gasteiger partial charge on any atom is -0.374 e. The number of amides is 1. The number of anilines is 1. The fourth-order valence-corrected chi connectivity index (χ4v) is 4.39. The Kier molecular flexibility index (Phi) is 6.61. The number of halogens is 5. The zero-order valence-corrected chi connectivity index (χ0v) is 19.2. The summed E-state index contributed by atoms with van der Waals surface area (Å²) in [4.78, 5) is 28.3. The third kappa shape index (κ3) is 4.89. The lowest BCUT2D eigenvalue weighted by atomic mass is 9.86. The van der Waals surface area contributed by atoms with Crippen LogP contribution in [0.1, 0.15) is 30.4 Å². The lowest BCUT2D eigenvalue weighted by Gasteiger charge is -2.29. The number of carbonyl (C=O) groups is 1. The molecule has 0 spiro atoms. The first kappa shape index (κ1) is 24.7. The van der Waals surface area contributed by atoms with E-state index < -0.39 is 29.0 Å². The van der Waals surface area contributed by atoms with E-state index in [4.69, 9.17) is 28.0 Å². The highest BCUT2D eigenvalue weighted by molar-refractivity contribution is 6.34. The van der Waals surface area contributed by atoms with Crippen LogP contribution in [0.2, 0.25) is 10.0 Å². The topological polar surface area (TPSA) is 93.8 Å². The minimum atomic E-state index is -4.85. The third-order valence-electron chi connectivity index (χ3n) is 5.58. The zero-order valence-electron chi connectivity index (χ0n) is 17.7. The molecule has 0 bridgehead atoms. The molecule has 2 aromatic carbocycles. The Bertz CT molecular complexity index is 1290. The molecule has 2 aliphatic rings. The molecule has 0 saturated heterocycles. The van der Waals surface area contributed by atoms with Crippen molar-refractivity contribution >= 4 is 40.5 Å². The van der Waals surface area contributed by atoms with Gasteiger partial charge in [-0.2, -0.15) is 13.2 Å². The van der Waals surface area contributed by atoms with Gasteiger partial charge in [0.2, 0.25) is 0 Å². The molecule has 1 heterocycles. The highest BCUT2D eigenvalue weighted by Crippen LogP contribution is 2.49. The molecule has 0 radical (unpaired) electrons. The van der Waals surface area contributed by atoms with E-state index in [1.54, 1.807) is 6.08 Å². The van der Waals surface area contributed by atoms with Gasteiger partial charge < -0.3 is 10.2 Å². The predicted molar refractivity (Wildman–Crippen MR) is 124 cm³/mol. The number of rotatable bonds is 5. The van der Waals surface area contributed by atoms with E-state index in [0.29, 0.717) is 6.42 Å². The van der Waals surface area contributed by atoms with Crippen LogP contribution in [0.25, 0.3) is 0 Å². The van der Waals surface area contributed by atoms with E-state index in [1.165, 1.54) is 36.4 Å². The monoisotopic (exact) mass is 525 g/mol. The van der Waals surface area contributed by atoms with E-state index >= 15 is 0 Å². The molecule has 1 aliphatic heterocycles. The fourth-order valence-electron chi connectivity index (χ4n) is 3.87. The standard InChI is InChI=1S/C23H16Cl2F3N3O4/c24-15-9-14(10-16(25)11-15)22(23(26,27)28)12-19(30-35-22)13-4-3-5-17(8-13)29-21(32)18-6-1-2-7-20(18)31(33)34/h1,3-6,8-11H,2,7,12H2,(H,29,32). The number of benzene rings is 2. The molecular formula is C23H16Cl2F3N3O4. The summed E-state index contributed by atoms with van der Waals surface area (Å²) < 4.78 is 42.6. The largest absolute Gasteiger partial charge is 0.435 e. The normalized spacial score (nSPS) is 19.9. The number of nitro groups is 1. The van der Waals surface area contributed by atoms with Gasteiger partial charge in [-0.15, -0.1) is 0 Å². The molecule has 35 heavy (non-hydrogen) atoms. The molecule has 12 heteroatoms. The first-order valence-corrected chi connectivity index (χ1v) is 11.0. The van der Waals surface area contributed by atoms with Crippen LogP contribution >= 0.6 is 23.2 Å². The van der Waals surface area contributed by atoms with Crippen molar-refractivity contribution in [3.05, 3.63) is 97.2 Å². The van der Waals surface area contributed by atoms with Gasteiger partial charge in [-0.3, -0.25) is 14.9 Å². The van der Waals surface area contributed by atoms with Crippen molar-refractivity contribution in [2.75, 3.05) is 5.32 Å². The predicted octanol–water partition coefficient (Wildman–Crippen LogP) is 6.39. The number of nitrogens with one attached hydrogen (secondary N) is 1. The smallest absolute Gasteiger partial charge is 0.374 e. The average molecular weight is 526 g/mol. The van der Waals surface area contributed by atoms with Crippen molar-refractivity contribution in [1.82, 2.24) is 0 Å². The van der Waals surface area contributed by atoms with Gasteiger partial charge in [-0.25, -0.2) is 0 Å². The number of hydrogen-bond donors (Lipinski definition) is 1. The molecule has 2 aromatic rings. The summed E-state index contributed by atoms with van der Waals surface area (Å²) in [6.45, 7) is 0. The summed E-state index contributed by atoms with van der Waals surface area (Å²) in [5.74, 6) is -0.701. The van der Waals surface area contributed by atoms with Gasteiger partial charge in [0.25, 0.3) is 17.2 Å². The zero-order chi connectivity index (χ0) is 25.4. The number of alkyl halides is 3. The Morgan fingerprint density at radius 2 is 1.89 bits per heavy atom. The number of hydrogen-bond acceptors (Lipinski definition) is 5. The second kappa shape index (κ2) is 9.35. The maximum Gasteiger partial charge on any atom is 0.435 e. The summed E-state index contributed by atoms with van der Waals surface area (Å²) >= 11 is 11.8. The summed E-state index contributed by atoms with van der Waals surface area (Å²) in [5.41, 5.74) is -2.91. The van der Waals surface area contributed by atoms with Crippen molar-refractivity contribution in [3.63, 3.8) is 0 Å². The van der Waals surface area contributed by atoms with E-state index in [1.807, 2.05) is 0 Å². The van der Waals surface area contributed by atoms with E-state index in [-0.39, 0.29) is 50.3 Å². The van der Waals surface area contributed by atoms with Gasteiger partial charge in [0, 0.05) is 39.7 Å². The van der Waals surface area contributed by atoms with Crippen molar-refractivity contribution in [1.29, 1.82) is 0 Å². The van der Waals surface area contributed by atoms with E-state index in [9.17, 15) is 28.1 Å². The molecule has 4 rings (SSSR count). The lowest BCUT2D eigenvalue weighted by Crippen LogP contribution is -2.42. The van der Waals surface area contributed by atoms with Crippen LogP contribution in [0.4, 0.5) is 18.9 Å². The molecule has 0 saturated carbocycles. The summed E-state index contributed by atoms with van der Waals surface area (Å²) in [6, 6.07) is 9.48. The molecule has 1 amide bonds. The number of allylic oxidation sites excluding steroid dienone is 2. The molecule has 1 atom stereocenters. The first-order valence-electron chi connectivity index (χ1n) is 10.2. The first-order chi connectivity index (χ1) is 16.5. The Hall–Kier alpha value is -3.37. The van der Waals surface area contributed by atoms with Gasteiger partial charge >= 0.3 is 6.18 Å². The molecule has 0 aromatic heterocycles. The molecule has 0 fully saturated rings. The number of nitrogens with zero attached hydrogens (tertiary/aromatic N) is 2. The van der Waals surface area contributed by atoms with Gasteiger partial charge in [0.1, 0.15) is 5.57 Å². The third-order valence-corrected chi connectivity index (χ3v) is 6.01. The van der Waals surface area contributed by atoms with Crippen LogP contribution in [0.5, 0.6) is 0 Å². The van der Waals surface area contributed by atoms with Crippen LogP contribution in [0.15, 0.2) is 71.0 Å². The van der Waals surface area contributed by atoms with E-state index in [2.05, 4.69) is 10.5 Å². The van der Waals surface area contributed by atoms with Crippen LogP contribution in [0.3, 0.4) is 0 Å². The summed E-state index contributed by atoms with van der Waals surface area (Å²) in [7, 11) is 0. The van der Waals surface area contributed by atoms with Gasteiger partial charge in [-0.1, -0.05) is 46.6 Å². The maximum atomic E-state index is 14.2. The second-order valence-corrected chi connectivity index (χ2v) is 8.76. The van der Waals surface area contributed by atoms with Gasteiger partial charge in [-0.05, 0) is 42.8 Å². The second-order valence-electron chi connectivity index (χ2n) is 7.88. The maximum absolute atomic E-state index is 14.2. The molecule has 1 N–H and O–H groups in total. The molecule has 1 aliphatic carbocycles. The quantitative estimate of drug-likeness (QED) is 0.361. The van der Waals surface area contributed by atoms with E-state index in [0.717, 1.165) is 12.1 Å². The highest BCUT2D eigenvalue weighted by Gasteiger charge is 2.62. The SMILES string of the molecule is O=C(Nc1cccc(C2=NOC(c3cc(Cl)cc(Cl)c3)(C(F)(F)F)C2)c1)C1=C([N+](=O)[O-])CCC=C1. The van der Waals surface area contributed by atoms with Crippen LogP contribution < -0.4 is 5.32 Å². The minimum absolute atomic E-state index is 0.0121. The Morgan fingerprint density at radius 1 is 1.17 bits per heavy atom. The fraction of sp³-hybridized carbons (Fsp3) is 0.217.